The fraction of sp³-hybridized carbons (Fsp3) is 0.267. The highest BCUT2D eigenvalue weighted by Gasteiger charge is 2.17. The zero-order valence-corrected chi connectivity index (χ0v) is 14.1. The number of hydrogen-bond donors (Lipinski definition) is 1. The zero-order valence-electron chi connectivity index (χ0n) is 11.0. The quantitative estimate of drug-likeness (QED) is 0.793. The van der Waals surface area contributed by atoms with Crippen LogP contribution < -0.4 is 5.32 Å². The van der Waals surface area contributed by atoms with E-state index in [0.29, 0.717) is 10.0 Å². The SMILES string of the molecule is CCNC(Cc1cccc(Cl)c1Cl)c1ncccc1Br. The van der Waals surface area contributed by atoms with Gasteiger partial charge in [-0.2, -0.15) is 0 Å². The minimum absolute atomic E-state index is 0.0894. The van der Waals surface area contributed by atoms with Crippen LogP contribution in [0.25, 0.3) is 0 Å². The second-order valence-electron chi connectivity index (χ2n) is 4.40. The number of aromatic nitrogens is 1. The van der Waals surface area contributed by atoms with E-state index in [1.165, 1.54) is 0 Å². The number of nitrogens with zero attached hydrogens (tertiary/aromatic N) is 1. The van der Waals surface area contributed by atoms with Gasteiger partial charge in [0.25, 0.3) is 0 Å². The van der Waals surface area contributed by atoms with Crippen molar-refractivity contribution in [2.45, 2.75) is 19.4 Å². The normalized spacial score (nSPS) is 12.4. The first-order chi connectivity index (χ1) is 9.63. The predicted octanol–water partition coefficient (Wildman–Crippen LogP) is 5.04. The van der Waals surface area contributed by atoms with Gasteiger partial charge in [-0.25, -0.2) is 0 Å². The second kappa shape index (κ2) is 7.41. The second-order valence-corrected chi connectivity index (χ2v) is 6.04. The molecule has 2 aromatic rings. The molecule has 2 rings (SSSR count). The lowest BCUT2D eigenvalue weighted by atomic mass is 10.0. The van der Waals surface area contributed by atoms with Crippen molar-refractivity contribution < 1.29 is 0 Å². The van der Waals surface area contributed by atoms with Crippen molar-refractivity contribution in [1.29, 1.82) is 0 Å². The van der Waals surface area contributed by atoms with E-state index in [-0.39, 0.29) is 6.04 Å². The van der Waals surface area contributed by atoms with E-state index in [2.05, 4.69) is 33.2 Å². The third-order valence-electron chi connectivity index (χ3n) is 3.02. The van der Waals surface area contributed by atoms with Crippen LogP contribution in [0.15, 0.2) is 41.0 Å². The summed E-state index contributed by atoms with van der Waals surface area (Å²) in [5.41, 5.74) is 1.99. The molecule has 2 nitrogen and oxygen atoms in total. The van der Waals surface area contributed by atoms with Gasteiger partial charge in [-0.15, -0.1) is 0 Å². The number of nitrogens with one attached hydrogen (secondary N) is 1. The van der Waals surface area contributed by atoms with Gasteiger partial charge in [0.2, 0.25) is 0 Å². The molecular weight excluding hydrogens is 359 g/mol. The molecular formula is C15H15BrCl2N2. The van der Waals surface area contributed by atoms with E-state index in [4.69, 9.17) is 23.2 Å². The van der Waals surface area contributed by atoms with Crippen molar-refractivity contribution in [3.05, 3.63) is 62.3 Å². The summed E-state index contributed by atoms with van der Waals surface area (Å²) < 4.78 is 0.990. The number of pyridine rings is 1. The number of rotatable bonds is 5. The Hall–Kier alpha value is -0.610. The molecule has 0 fully saturated rings. The van der Waals surface area contributed by atoms with Crippen molar-refractivity contribution in [2.75, 3.05) is 6.54 Å². The highest BCUT2D eigenvalue weighted by Crippen LogP contribution is 2.30. The van der Waals surface area contributed by atoms with Crippen LogP contribution in [0.5, 0.6) is 0 Å². The average molecular weight is 374 g/mol. The summed E-state index contributed by atoms with van der Waals surface area (Å²) in [6.07, 6.45) is 2.53. The summed E-state index contributed by atoms with van der Waals surface area (Å²) in [7, 11) is 0. The topological polar surface area (TPSA) is 24.9 Å². The molecule has 20 heavy (non-hydrogen) atoms. The molecule has 0 amide bonds. The smallest absolute Gasteiger partial charge is 0.0718 e. The van der Waals surface area contributed by atoms with Gasteiger partial charge in [0.15, 0.2) is 0 Å². The van der Waals surface area contributed by atoms with Gasteiger partial charge in [0.05, 0.1) is 21.8 Å². The van der Waals surface area contributed by atoms with Gasteiger partial charge in [-0.3, -0.25) is 4.98 Å². The molecule has 0 radical (unpaired) electrons. The number of hydrogen-bond acceptors (Lipinski definition) is 2. The lowest BCUT2D eigenvalue weighted by Crippen LogP contribution is -2.24. The number of likely N-dealkylation sites (N-methyl/N-ethyl adjacent to an activating group) is 1. The van der Waals surface area contributed by atoms with Crippen molar-refractivity contribution in [2.24, 2.45) is 0 Å². The summed E-state index contributed by atoms with van der Waals surface area (Å²) in [6.45, 7) is 2.93. The van der Waals surface area contributed by atoms with E-state index < -0.39 is 0 Å². The highest BCUT2D eigenvalue weighted by molar-refractivity contribution is 9.10. The van der Waals surface area contributed by atoms with E-state index in [1.54, 1.807) is 12.3 Å². The molecule has 1 N–H and O–H groups in total. The molecule has 0 bridgehead atoms. The Kier molecular flexibility index (Phi) is 5.85. The highest BCUT2D eigenvalue weighted by atomic mass is 79.9. The Balaban J connectivity index is 2.31. The third-order valence-corrected chi connectivity index (χ3v) is 4.55. The first kappa shape index (κ1) is 15.8. The molecule has 0 saturated carbocycles. The van der Waals surface area contributed by atoms with Crippen LogP contribution in [0, 0.1) is 0 Å². The van der Waals surface area contributed by atoms with Crippen LogP contribution in [0.2, 0.25) is 10.0 Å². The monoisotopic (exact) mass is 372 g/mol. The first-order valence-electron chi connectivity index (χ1n) is 6.40. The Bertz CT molecular complexity index is 590. The Labute approximate surface area is 137 Å². The van der Waals surface area contributed by atoms with Crippen LogP contribution in [0.1, 0.15) is 24.2 Å². The third kappa shape index (κ3) is 3.73. The van der Waals surface area contributed by atoms with Gasteiger partial charge in [0, 0.05) is 10.7 Å². The molecule has 0 aliphatic heterocycles. The van der Waals surface area contributed by atoms with Gasteiger partial charge in [-0.1, -0.05) is 42.3 Å². The largest absolute Gasteiger partial charge is 0.309 e. The van der Waals surface area contributed by atoms with Gasteiger partial charge in [0.1, 0.15) is 0 Å². The van der Waals surface area contributed by atoms with Gasteiger partial charge >= 0.3 is 0 Å². The van der Waals surface area contributed by atoms with Crippen molar-refractivity contribution in [3.63, 3.8) is 0 Å². The Morgan fingerprint density at radius 1 is 1.25 bits per heavy atom. The maximum absolute atomic E-state index is 6.27. The standard InChI is InChI=1S/C15H15BrCl2N2/c1-2-19-13(15-11(16)6-4-8-20-15)9-10-5-3-7-12(17)14(10)18/h3-8,13,19H,2,9H2,1H3. The molecule has 0 aliphatic rings. The molecule has 0 aliphatic carbocycles. The molecule has 106 valence electrons. The van der Waals surface area contributed by atoms with Crippen molar-refractivity contribution in [3.8, 4) is 0 Å². The number of halogens is 3. The maximum atomic E-state index is 6.27. The molecule has 1 aromatic heterocycles. The maximum Gasteiger partial charge on any atom is 0.0718 e. The summed E-state index contributed by atoms with van der Waals surface area (Å²) in [5, 5.41) is 4.64. The number of benzene rings is 1. The summed E-state index contributed by atoms with van der Waals surface area (Å²) in [6, 6.07) is 9.70. The predicted molar refractivity (Wildman–Crippen MR) is 88.5 cm³/mol. The Morgan fingerprint density at radius 3 is 2.75 bits per heavy atom. The minimum atomic E-state index is 0.0894. The first-order valence-corrected chi connectivity index (χ1v) is 7.95. The fourth-order valence-electron chi connectivity index (χ4n) is 2.09. The van der Waals surface area contributed by atoms with E-state index >= 15 is 0 Å². The Morgan fingerprint density at radius 2 is 2.05 bits per heavy atom. The van der Waals surface area contributed by atoms with Crippen LogP contribution >= 0.6 is 39.1 Å². The summed E-state index contributed by atoms with van der Waals surface area (Å²) in [5.74, 6) is 0. The van der Waals surface area contributed by atoms with Gasteiger partial charge in [-0.05, 0) is 52.7 Å². The molecule has 0 saturated heterocycles. The van der Waals surface area contributed by atoms with Crippen LogP contribution in [0.3, 0.4) is 0 Å². The molecule has 1 aromatic carbocycles. The zero-order chi connectivity index (χ0) is 14.5. The minimum Gasteiger partial charge on any atom is -0.309 e. The van der Waals surface area contributed by atoms with Gasteiger partial charge < -0.3 is 5.32 Å². The van der Waals surface area contributed by atoms with Crippen LogP contribution in [-0.2, 0) is 6.42 Å². The van der Waals surface area contributed by atoms with Crippen LogP contribution in [0.4, 0.5) is 0 Å². The van der Waals surface area contributed by atoms with E-state index in [1.807, 2.05) is 24.3 Å². The molecule has 5 heteroatoms. The fourth-order valence-corrected chi connectivity index (χ4v) is 3.02. The lowest BCUT2D eigenvalue weighted by Gasteiger charge is -2.19. The molecule has 1 heterocycles. The van der Waals surface area contributed by atoms with E-state index in [9.17, 15) is 0 Å². The summed E-state index contributed by atoms with van der Waals surface area (Å²) >= 11 is 15.9. The molecule has 1 unspecified atom stereocenters. The van der Waals surface area contributed by atoms with Crippen molar-refractivity contribution in [1.82, 2.24) is 10.3 Å². The summed E-state index contributed by atoms with van der Waals surface area (Å²) in [4.78, 5) is 4.46. The molecule has 1 atom stereocenters. The van der Waals surface area contributed by atoms with Crippen LogP contribution in [-0.4, -0.2) is 11.5 Å². The van der Waals surface area contributed by atoms with Crippen molar-refractivity contribution >= 4 is 39.1 Å². The van der Waals surface area contributed by atoms with E-state index in [0.717, 1.165) is 28.7 Å². The lowest BCUT2D eigenvalue weighted by molar-refractivity contribution is 0.534. The molecule has 0 spiro atoms. The average Bonchev–Trinajstić information content (AvgIpc) is 2.44.